The summed E-state index contributed by atoms with van der Waals surface area (Å²) in [4.78, 5) is 32.0. The van der Waals surface area contributed by atoms with Crippen molar-refractivity contribution in [2.45, 2.75) is 86.2 Å². The molecule has 0 aliphatic heterocycles. The van der Waals surface area contributed by atoms with Crippen molar-refractivity contribution in [3.63, 3.8) is 0 Å². The summed E-state index contributed by atoms with van der Waals surface area (Å²) in [5.74, 6) is 0.972. The third-order valence-electron chi connectivity index (χ3n) is 6.88. The Bertz CT molecular complexity index is 1580. The highest BCUT2D eigenvalue weighted by molar-refractivity contribution is 7.14. The molecule has 4 aromatic rings. The van der Waals surface area contributed by atoms with E-state index in [4.69, 9.17) is 0 Å². The standard InChI is InChI=1S/C16H20F3N3OS.C16H22N2OS2/c1-9(2)7-10(3)13-12(5-6-24-13)20-15(23)11-8-22(4)21-14(11)16(17,18)19;1-9(2)8-10(3)14-13(6-7-20-14)18-16(19)15-11(4)17-12(5)21-15/h5-6,8-10H,7H2,1-4H3,(H,20,23);6-7,9-10H,8H2,1-5H3,(H,18,19). The lowest BCUT2D eigenvalue weighted by Crippen LogP contribution is -2.18. The first-order valence-electron chi connectivity index (χ1n) is 14.8. The van der Waals surface area contributed by atoms with Crippen LogP contribution in [0.2, 0.25) is 0 Å². The van der Waals surface area contributed by atoms with Crippen molar-refractivity contribution < 1.29 is 22.8 Å². The number of anilines is 2. The number of alkyl halides is 3. The van der Waals surface area contributed by atoms with Gasteiger partial charge in [-0.25, -0.2) is 4.98 Å². The second-order valence-electron chi connectivity index (χ2n) is 12.1. The highest BCUT2D eigenvalue weighted by Crippen LogP contribution is 2.36. The second-order valence-corrected chi connectivity index (χ2v) is 15.2. The zero-order valence-corrected chi connectivity index (χ0v) is 29.6. The summed E-state index contributed by atoms with van der Waals surface area (Å²) in [5, 5.41) is 13.8. The molecular formula is C32H42F3N5O2S3. The Labute approximate surface area is 275 Å². The van der Waals surface area contributed by atoms with Gasteiger partial charge in [0.1, 0.15) is 4.88 Å². The largest absolute Gasteiger partial charge is 0.435 e. The van der Waals surface area contributed by atoms with E-state index in [1.165, 1.54) is 34.6 Å². The SMILES string of the molecule is CC(C)CC(C)c1sccc1NC(=O)c1cn(C)nc1C(F)(F)F.Cc1nc(C)c(C(=O)Nc2ccsc2C(C)CC(C)C)s1. The van der Waals surface area contributed by atoms with E-state index in [0.29, 0.717) is 28.3 Å². The summed E-state index contributed by atoms with van der Waals surface area (Å²) in [6, 6.07) is 3.72. The minimum atomic E-state index is -4.67. The molecule has 0 saturated carbocycles. The van der Waals surface area contributed by atoms with Crippen LogP contribution in [-0.2, 0) is 13.2 Å². The molecule has 2 N–H and O–H groups in total. The van der Waals surface area contributed by atoms with Crippen LogP contribution in [0.25, 0.3) is 0 Å². The van der Waals surface area contributed by atoms with Crippen LogP contribution in [0.15, 0.2) is 29.1 Å². The molecule has 45 heavy (non-hydrogen) atoms. The minimum Gasteiger partial charge on any atom is -0.321 e. The number of nitrogens with zero attached hydrogens (tertiary/aromatic N) is 3. The van der Waals surface area contributed by atoms with Gasteiger partial charge in [0, 0.05) is 23.0 Å². The monoisotopic (exact) mass is 681 g/mol. The third-order valence-corrected chi connectivity index (χ3v) is 10.3. The van der Waals surface area contributed by atoms with E-state index in [9.17, 15) is 22.8 Å². The van der Waals surface area contributed by atoms with Crippen LogP contribution >= 0.6 is 34.0 Å². The number of hydrogen-bond acceptors (Lipinski definition) is 7. The van der Waals surface area contributed by atoms with Crippen molar-refractivity contribution in [1.82, 2.24) is 14.8 Å². The molecule has 0 aromatic carbocycles. The molecule has 0 aliphatic rings. The van der Waals surface area contributed by atoms with Crippen LogP contribution in [-0.4, -0.2) is 26.6 Å². The lowest BCUT2D eigenvalue weighted by molar-refractivity contribution is -0.141. The van der Waals surface area contributed by atoms with E-state index >= 15 is 0 Å². The van der Waals surface area contributed by atoms with Gasteiger partial charge in [-0.15, -0.1) is 34.0 Å². The fraction of sp³-hybridized carbons (Fsp3) is 0.500. The summed E-state index contributed by atoms with van der Waals surface area (Å²) in [7, 11) is 1.35. The number of thiophene rings is 2. The molecule has 2 unspecified atom stereocenters. The number of rotatable bonds is 10. The molecule has 4 rings (SSSR count). The zero-order chi connectivity index (χ0) is 33.6. The molecule has 0 spiro atoms. The molecule has 2 amide bonds. The maximum atomic E-state index is 13.0. The second kappa shape index (κ2) is 15.5. The highest BCUT2D eigenvalue weighted by Gasteiger charge is 2.39. The maximum Gasteiger partial charge on any atom is 0.435 e. The number of hydrogen-bond donors (Lipinski definition) is 2. The Hall–Kier alpha value is -3.03. The van der Waals surface area contributed by atoms with Gasteiger partial charge in [-0.3, -0.25) is 14.3 Å². The van der Waals surface area contributed by atoms with Crippen molar-refractivity contribution in [2.24, 2.45) is 18.9 Å². The van der Waals surface area contributed by atoms with Gasteiger partial charge in [0.05, 0.1) is 27.6 Å². The first kappa shape index (κ1) is 36.4. The van der Waals surface area contributed by atoms with Crippen LogP contribution in [0.3, 0.4) is 0 Å². The molecule has 4 heterocycles. The van der Waals surface area contributed by atoms with Crippen molar-refractivity contribution in [2.75, 3.05) is 10.6 Å². The molecule has 2 atom stereocenters. The number of nitrogens with one attached hydrogen (secondary N) is 2. The molecule has 0 bridgehead atoms. The van der Waals surface area contributed by atoms with Crippen molar-refractivity contribution in [3.8, 4) is 0 Å². The average Bonchev–Trinajstić information content (AvgIpc) is 3.70. The summed E-state index contributed by atoms with van der Waals surface area (Å²) in [6.07, 6.45) is -1.52. The Balaban J connectivity index is 0.000000248. The zero-order valence-electron chi connectivity index (χ0n) is 27.1. The van der Waals surface area contributed by atoms with Gasteiger partial charge in [-0.05, 0) is 73.3 Å². The van der Waals surface area contributed by atoms with Gasteiger partial charge in [0.2, 0.25) is 0 Å². The van der Waals surface area contributed by atoms with Gasteiger partial charge >= 0.3 is 6.18 Å². The van der Waals surface area contributed by atoms with E-state index in [0.717, 1.165) is 45.0 Å². The molecule has 4 aromatic heterocycles. The summed E-state index contributed by atoms with van der Waals surface area (Å²) < 4.78 is 40.0. The highest BCUT2D eigenvalue weighted by atomic mass is 32.1. The Morgan fingerprint density at radius 2 is 1.36 bits per heavy atom. The van der Waals surface area contributed by atoms with Crippen LogP contribution in [0.1, 0.15) is 112 Å². The van der Waals surface area contributed by atoms with Crippen molar-refractivity contribution >= 4 is 57.2 Å². The molecule has 0 aliphatic carbocycles. The van der Waals surface area contributed by atoms with Crippen LogP contribution in [0.5, 0.6) is 0 Å². The molecule has 0 radical (unpaired) electrons. The summed E-state index contributed by atoms with van der Waals surface area (Å²) in [6.45, 7) is 16.7. The van der Waals surface area contributed by atoms with Crippen molar-refractivity contribution in [3.05, 3.63) is 65.7 Å². The molecule has 0 saturated heterocycles. The van der Waals surface area contributed by atoms with E-state index in [-0.39, 0.29) is 11.8 Å². The normalized spacial score (nSPS) is 13.0. The first-order valence-corrected chi connectivity index (χ1v) is 17.4. The number of carbonyl (C=O) groups excluding carboxylic acids is 2. The molecule has 0 fully saturated rings. The number of halogens is 3. The van der Waals surface area contributed by atoms with Crippen LogP contribution in [0, 0.1) is 25.7 Å². The van der Waals surface area contributed by atoms with Crippen molar-refractivity contribution in [1.29, 1.82) is 0 Å². The fourth-order valence-corrected chi connectivity index (χ4v) is 7.88. The first-order chi connectivity index (χ1) is 21.0. The lowest BCUT2D eigenvalue weighted by Gasteiger charge is -2.15. The predicted octanol–water partition coefficient (Wildman–Crippen LogP) is 10.1. The molecule has 7 nitrogen and oxygen atoms in total. The van der Waals surface area contributed by atoms with Gasteiger partial charge in [0.25, 0.3) is 11.8 Å². The molecular weight excluding hydrogens is 640 g/mol. The maximum absolute atomic E-state index is 13.0. The number of thiazole rings is 1. The van der Waals surface area contributed by atoms with Gasteiger partial charge < -0.3 is 10.6 Å². The number of amides is 2. The molecule has 13 heteroatoms. The third kappa shape index (κ3) is 9.98. The van der Waals surface area contributed by atoms with E-state index in [1.54, 1.807) is 17.4 Å². The van der Waals surface area contributed by atoms with Gasteiger partial charge in [0.15, 0.2) is 5.69 Å². The average molecular weight is 682 g/mol. The fourth-order valence-electron chi connectivity index (χ4n) is 5.21. The predicted molar refractivity (Wildman–Crippen MR) is 180 cm³/mol. The van der Waals surface area contributed by atoms with E-state index < -0.39 is 23.3 Å². The quantitative estimate of drug-likeness (QED) is 0.174. The smallest absolute Gasteiger partial charge is 0.321 e. The topological polar surface area (TPSA) is 88.9 Å². The van der Waals surface area contributed by atoms with Crippen LogP contribution < -0.4 is 10.6 Å². The Morgan fingerprint density at radius 1 is 0.867 bits per heavy atom. The van der Waals surface area contributed by atoms with Crippen LogP contribution in [0.4, 0.5) is 24.5 Å². The van der Waals surface area contributed by atoms with E-state index in [2.05, 4.69) is 55.3 Å². The van der Waals surface area contributed by atoms with E-state index in [1.807, 2.05) is 37.6 Å². The summed E-state index contributed by atoms with van der Waals surface area (Å²) >= 11 is 4.66. The lowest BCUT2D eigenvalue weighted by atomic mass is 9.97. The number of carbonyl (C=O) groups is 2. The number of aryl methyl sites for hydroxylation is 3. The Morgan fingerprint density at radius 3 is 1.78 bits per heavy atom. The summed E-state index contributed by atoms with van der Waals surface area (Å²) in [5.41, 5.74) is 0.675. The minimum absolute atomic E-state index is 0.0468. The Kier molecular flexibility index (Phi) is 12.6. The van der Waals surface area contributed by atoms with Gasteiger partial charge in [-0.1, -0.05) is 41.5 Å². The van der Waals surface area contributed by atoms with Gasteiger partial charge in [-0.2, -0.15) is 18.3 Å². The number of aromatic nitrogens is 3. The molecule has 246 valence electrons.